The predicted molar refractivity (Wildman–Crippen MR) is 47.5 cm³/mol. The maximum Gasteiger partial charge on any atom is 0.0286 e. The zero-order chi connectivity index (χ0) is 6.41. The van der Waals surface area contributed by atoms with Crippen molar-refractivity contribution < 1.29 is 0 Å². The Labute approximate surface area is 65.5 Å². The molecule has 0 radical (unpaired) electrons. The van der Waals surface area contributed by atoms with E-state index in [4.69, 9.17) is 0 Å². The normalized spacial score (nSPS) is 13.2. The molecule has 1 heteroatoms. The number of unbranched alkanes of at least 4 members (excludes halogenated alkanes) is 1. The highest BCUT2D eigenvalue weighted by Crippen LogP contribution is 2.10. The van der Waals surface area contributed by atoms with E-state index in [9.17, 15) is 0 Å². The van der Waals surface area contributed by atoms with Gasteiger partial charge in [0.2, 0.25) is 0 Å². The fourth-order valence-corrected chi connectivity index (χ4v) is 0.957. The Morgan fingerprint density at radius 2 is 2.38 bits per heavy atom. The molecule has 1 atom stereocenters. The highest BCUT2D eigenvalue weighted by Gasteiger charge is 1.93. The average molecular weight is 224 g/mol. The summed E-state index contributed by atoms with van der Waals surface area (Å²) in [5.41, 5.74) is 0. The van der Waals surface area contributed by atoms with E-state index in [1.165, 1.54) is 19.3 Å². The summed E-state index contributed by atoms with van der Waals surface area (Å²) >= 11 is 2.41. The van der Waals surface area contributed by atoms with Crippen LogP contribution in [0.2, 0.25) is 0 Å². The van der Waals surface area contributed by atoms with E-state index in [0.29, 0.717) is 3.92 Å². The molecule has 0 amide bonds. The Kier molecular flexibility index (Phi) is 5.93. The molecule has 0 aliphatic carbocycles. The van der Waals surface area contributed by atoms with Crippen molar-refractivity contribution in [3.8, 4) is 0 Å². The molecule has 8 heavy (non-hydrogen) atoms. The highest BCUT2D eigenvalue weighted by molar-refractivity contribution is 14.1. The minimum atomic E-state index is 0.688. The molecule has 0 aromatic carbocycles. The molecule has 0 fully saturated rings. The molecule has 0 saturated carbocycles. The summed E-state index contributed by atoms with van der Waals surface area (Å²) in [5, 5.41) is 0. The monoisotopic (exact) mass is 224 g/mol. The topological polar surface area (TPSA) is 0 Å². The first kappa shape index (κ1) is 8.47. The molecule has 48 valence electrons. The quantitative estimate of drug-likeness (QED) is 0.391. The van der Waals surface area contributed by atoms with Crippen molar-refractivity contribution >= 4 is 22.6 Å². The number of hydrogen-bond donors (Lipinski definition) is 0. The molecule has 0 aliphatic rings. The third-order valence-corrected chi connectivity index (χ3v) is 2.22. The number of rotatable bonds is 4. The Morgan fingerprint density at radius 1 is 1.75 bits per heavy atom. The van der Waals surface area contributed by atoms with Crippen LogP contribution in [0, 0.1) is 0 Å². The van der Waals surface area contributed by atoms with Crippen molar-refractivity contribution in [3.63, 3.8) is 0 Å². The van der Waals surface area contributed by atoms with Gasteiger partial charge in [-0.3, -0.25) is 0 Å². The second-order valence-corrected chi connectivity index (χ2v) is 3.49. The summed E-state index contributed by atoms with van der Waals surface area (Å²) in [5.74, 6) is 0. The lowest BCUT2D eigenvalue weighted by Gasteiger charge is -1.99. The van der Waals surface area contributed by atoms with Gasteiger partial charge in [0.1, 0.15) is 0 Å². The van der Waals surface area contributed by atoms with Crippen molar-refractivity contribution in [2.75, 3.05) is 0 Å². The first-order chi connectivity index (χ1) is 3.81. The van der Waals surface area contributed by atoms with Crippen LogP contribution in [0.4, 0.5) is 0 Å². The molecule has 0 rings (SSSR count). The van der Waals surface area contributed by atoms with E-state index in [-0.39, 0.29) is 0 Å². The molecule has 0 spiro atoms. The lowest BCUT2D eigenvalue weighted by Crippen LogP contribution is -1.89. The van der Waals surface area contributed by atoms with Crippen LogP contribution in [0.1, 0.15) is 26.2 Å². The summed E-state index contributed by atoms with van der Waals surface area (Å²) in [6.07, 6.45) is 5.93. The maximum atomic E-state index is 3.71. The Bertz CT molecular complexity index is 59.4. The summed E-state index contributed by atoms with van der Waals surface area (Å²) in [7, 11) is 0. The van der Waals surface area contributed by atoms with Crippen molar-refractivity contribution in [1.82, 2.24) is 0 Å². The SMILES string of the molecule is C=CC(I)CCCC. The van der Waals surface area contributed by atoms with Gasteiger partial charge in [0, 0.05) is 3.92 Å². The van der Waals surface area contributed by atoms with Crippen LogP contribution in [0.25, 0.3) is 0 Å². The largest absolute Gasteiger partial charge is 0.102 e. The smallest absolute Gasteiger partial charge is 0.0286 e. The summed E-state index contributed by atoms with van der Waals surface area (Å²) in [6.45, 7) is 5.92. The summed E-state index contributed by atoms with van der Waals surface area (Å²) < 4.78 is 0.688. The van der Waals surface area contributed by atoms with Crippen LogP contribution in [0.3, 0.4) is 0 Å². The third-order valence-electron chi connectivity index (χ3n) is 1.09. The van der Waals surface area contributed by atoms with Crippen LogP contribution >= 0.6 is 22.6 Å². The average Bonchev–Trinajstić information content (AvgIpc) is 1.83. The first-order valence-electron chi connectivity index (χ1n) is 3.08. The summed E-state index contributed by atoms with van der Waals surface area (Å²) in [4.78, 5) is 0. The number of halogens is 1. The van der Waals surface area contributed by atoms with E-state index in [2.05, 4.69) is 36.1 Å². The number of hydrogen-bond acceptors (Lipinski definition) is 0. The third kappa shape index (κ3) is 4.62. The minimum absolute atomic E-state index is 0.688. The molecule has 0 nitrogen and oxygen atoms in total. The van der Waals surface area contributed by atoms with Gasteiger partial charge in [-0.15, -0.1) is 6.58 Å². The molecule has 1 unspecified atom stereocenters. The molecule has 0 aromatic rings. The van der Waals surface area contributed by atoms with Crippen LogP contribution < -0.4 is 0 Å². The molecular formula is C7H13I. The molecule has 0 heterocycles. The van der Waals surface area contributed by atoms with Crippen LogP contribution in [-0.4, -0.2) is 3.92 Å². The molecular weight excluding hydrogens is 211 g/mol. The zero-order valence-electron chi connectivity index (χ0n) is 5.36. The van der Waals surface area contributed by atoms with Gasteiger partial charge in [-0.2, -0.15) is 0 Å². The van der Waals surface area contributed by atoms with E-state index >= 15 is 0 Å². The van der Waals surface area contributed by atoms with Crippen molar-refractivity contribution in [2.45, 2.75) is 30.1 Å². The standard InChI is InChI=1S/C7H13I/c1-3-5-6-7(8)4-2/h4,7H,2-3,5-6H2,1H3. The molecule has 0 saturated heterocycles. The van der Waals surface area contributed by atoms with E-state index < -0.39 is 0 Å². The predicted octanol–water partition coefficient (Wildman–Crippen LogP) is 3.17. The van der Waals surface area contributed by atoms with Gasteiger partial charge in [-0.05, 0) is 6.42 Å². The highest BCUT2D eigenvalue weighted by atomic mass is 127. The Hall–Kier alpha value is 0.470. The van der Waals surface area contributed by atoms with Crippen molar-refractivity contribution in [1.29, 1.82) is 0 Å². The van der Waals surface area contributed by atoms with Gasteiger partial charge in [0.25, 0.3) is 0 Å². The number of allylic oxidation sites excluding steroid dienone is 1. The molecule has 0 aromatic heterocycles. The zero-order valence-corrected chi connectivity index (χ0v) is 7.52. The van der Waals surface area contributed by atoms with Gasteiger partial charge in [-0.25, -0.2) is 0 Å². The molecule has 0 aliphatic heterocycles. The second kappa shape index (κ2) is 5.60. The van der Waals surface area contributed by atoms with Crippen LogP contribution in [-0.2, 0) is 0 Å². The van der Waals surface area contributed by atoms with E-state index in [0.717, 1.165) is 0 Å². The Balaban J connectivity index is 2.98. The fraction of sp³-hybridized carbons (Fsp3) is 0.714. The van der Waals surface area contributed by atoms with Gasteiger partial charge in [0.15, 0.2) is 0 Å². The first-order valence-corrected chi connectivity index (χ1v) is 4.32. The molecule has 0 N–H and O–H groups in total. The van der Waals surface area contributed by atoms with Gasteiger partial charge in [-0.1, -0.05) is 48.4 Å². The Morgan fingerprint density at radius 3 is 2.75 bits per heavy atom. The van der Waals surface area contributed by atoms with E-state index in [1.807, 2.05) is 6.08 Å². The fourth-order valence-electron chi connectivity index (χ4n) is 0.517. The lowest BCUT2D eigenvalue weighted by atomic mass is 10.2. The van der Waals surface area contributed by atoms with Crippen molar-refractivity contribution in [3.05, 3.63) is 12.7 Å². The van der Waals surface area contributed by atoms with E-state index in [1.54, 1.807) is 0 Å². The number of alkyl halides is 1. The van der Waals surface area contributed by atoms with Crippen LogP contribution in [0.15, 0.2) is 12.7 Å². The molecule has 0 bridgehead atoms. The van der Waals surface area contributed by atoms with Gasteiger partial charge >= 0.3 is 0 Å². The van der Waals surface area contributed by atoms with Gasteiger partial charge < -0.3 is 0 Å². The maximum absolute atomic E-state index is 3.71. The van der Waals surface area contributed by atoms with Crippen molar-refractivity contribution in [2.24, 2.45) is 0 Å². The van der Waals surface area contributed by atoms with Crippen LogP contribution in [0.5, 0.6) is 0 Å². The lowest BCUT2D eigenvalue weighted by molar-refractivity contribution is 0.749. The van der Waals surface area contributed by atoms with Gasteiger partial charge in [0.05, 0.1) is 0 Å². The second-order valence-electron chi connectivity index (χ2n) is 1.89. The minimum Gasteiger partial charge on any atom is -0.102 e. The summed E-state index contributed by atoms with van der Waals surface area (Å²) in [6, 6.07) is 0.